The normalized spacial score (nSPS) is 10.9. The number of aromatic amines is 1. The second-order valence-electron chi connectivity index (χ2n) is 5.75. The van der Waals surface area contributed by atoms with Crippen LogP contribution < -0.4 is 10.6 Å². The Balaban J connectivity index is 1.43. The lowest BCUT2D eigenvalue weighted by Crippen LogP contribution is -2.28. The fourth-order valence-corrected chi connectivity index (χ4v) is 3.40. The zero-order valence-corrected chi connectivity index (χ0v) is 16.1. The molecule has 2 heterocycles. The lowest BCUT2D eigenvalue weighted by Gasteiger charge is -2.08. The van der Waals surface area contributed by atoms with E-state index in [4.69, 9.17) is 23.2 Å². The molecule has 0 bridgehead atoms. The van der Waals surface area contributed by atoms with Crippen LogP contribution in [0.25, 0.3) is 22.6 Å². The van der Waals surface area contributed by atoms with E-state index in [-0.39, 0.29) is 6.03 Å². The monoisotopic (exact) mass is 417 g/mol. The Morgan fingerprint density at radius 1 is 1.15 bits per heavy atom. The van der Waals surface area contributed by atoms with Crippen molar-refractivity contribution >= 4 is 57.3 Å². The lowest BCUT2D eigenvalue weighted by molar-refractivity contribution is 0.251. The van der Waals surface area contributed by atoms with Gasteiger partial charge in [-0.05, 0) is 35.9 Å². The molecule has 136 valence electrons. The van der Waals surface area contributed by atoms with Crippen LogP contribution in [0, 0.1) is 0 Å². The number of rotatable bonds is 4. The summed E-state index contributed by atoms with van der Waals surface area (Å²) in [5, 5.41) is 8.45. The highest BCUT2D eigenvalue weighted by atomic mass is 35.5. The Morgan fingerprint density at radius 2 is 2.04 bits per heavy atom. The number of fused-ring (bicyclic) bond motifs is 1. The molecule has 0 unspecified atom stereocenters. The maximum absolute atomic E-state index is 12.1. The number of urea groups is 1. The van der Waals surface area contributed by atoms with Gasteiger partial charge in [-0.25, -0.2) is 14.8 Å². The number of H-pyrrole nitrogens is 1. The van der Waals surface area contributed by atoms with E-state index in [0.717, 1.165) is 22.3 Å². The summed E-state index contributed by atoms with van der Waals surface area (Å²) in [4.78, 5) is 24.1. The number of anilines is 1. The zero-order chi connectivity index (χ0) is 18.8. The quantitative estimate of drug-likeness (QED) is 0.420. The molecule has 2 aromatic heterocycles. The van der Waals surface area contributed by atoms with E-state index in [2.05, 4.69) is 25.6 Å². The molecule has 4 aromatic rings. The molecule has 0 saturated heterocycles. The fraction of sp³-hybridized carbons (Fsp3) is 0.0556. The van der Waals surface area contributed by atoms with E-state index < -0.39 is 0 Å². The molecule has 0 aliphatic heterocycles. The summed E-state index contributed by atoms with van der Waals surface area (Å²) in [7, 11) is 0. The number of hydrogen-bond donors (Lipinski definition) is 3. The van der Waals surface area contributed by atoms with E-state index in [0.29, 0.717) is 28.1 Å². The first-order valence-corrected chi connectivity index (χ1v) is 9.65. The van der Waals surface area contributed by atoms with Gasteiger partial charge in [0.2, 0.25) is 0 Å². The third-order valence-corrected chi connectivity index (χ3v) is 5.18. The van der Waals surface area contributed by atoms with Crippen molar-refractivity contribution < 1.29 is 4.79 Å². The topological polar surface area (TPSA) is 82.7 Å². The van der Waals surface area contributed by atoms with E-state index in [1.165, 1.54) is 11.3 Å². The molecule has 2 amide bonds. The third kappa shape index (κ3) is 4.05. The minimum absolute atomic E-state index is 0.320. The molecule has 27 heavy (non-hydrogen) atoms. The summed E-state index contributed by atoms with van der Waals surface area (Å²) >= 11 is 13.4. The lowest BCUT2D eigenvalue weighted by atomic mass is 10.2. The summed E-state index contributed by atoms with van der Waals surface area (Å²) in [6.45, 7) is 0.336. The number of imidazole rings is 1. The molecule has 0 atom stereocenters. The van der Waals surface area contributed by atoms with Crippen molar-refractivity contribution in [3.63, 3.8) is 0 Å². The number of amides is 2. The average Bonchev–Trinajstić information content (AvgIpc) is 3.31. The molecule has 2 aromatic carbocycles. The van der Waals surface area contributed by atoms with Crippen molar-refractivity contribution in [1.82, 2.24) is 20.3 Å². The predicted octanol–water partition coefficient (Wildman–Crippen LogP) is 5.31. The first-order chi connectivity index (χ1) is 13.1. The molecular weight excluding hydrogens is 405 g/mol. The standard InChI is InChI=1S/C18H13Cl2N5OS/c19-12-3-1-10(5-13(12)20)7-21-18(26)23-11-2-4-14-15(6-11)25-17(24-14)16-8-27-9-22-16/h1-6,8-9H,7H2,(H,24,25)(H2,21,23,26). The molecule has 3 N–H and O–H groups in total. The molecular formula is C18H13Cl2N5OS. The van der Waals surface area contributed by atoms with Gasteiger partial charge in [-0.1, -0.05) is 29.3 Å². The molecule has 0 aliphatic carbocycles. The SMILES string of the molecule is O=C(NCc1ccc(Cl)c(Cl)c1)Nc1ccc2nc(-c3cscn3)[nH]c2c1. The van der Waals surface area contributed by atoms with Crippen LogP contribution in [0.1, 0.15) is 5.56 Å². The van der Waals surface area contributed by atoms with Crippen LogP contribution in [0.15, 0.2) is 47.3 Å². The maximum atomic E-state index is 12.1. The van der Waals surface area contributed by atoms with E-state index >= 15 is 0 Å². The van der Waals surface area contributed by atoms with Crippen LogP contribution in [0.3, 0.4) is 0 Å². The van der Waals surface area contributed by atoms with Crippen LogP contribution in [0.5, 0.6) is 0 Å². The molecule has 9 heteroatoms. The Kier molecular flexibility index (Phi) is 4.98. The number of nitrogens with zero attached hydrogens (tertiary/aromatic N) is 2. The van der Waals surface area contributed by atoms with Gasteiger partial charge in [-0.2, -0.15) is 0 Å². The maximum Gasteiger partial charge on any atom is 0.319 e. The minimum Gasteiger partial charge on any atom is -0.337 e. The first kappa shape index (κ1) is 17.8. The highest BCUT2D eigenvalue weighted by molar-refractivity contribution is 7.07. The number of hydrogen-bond acceptors (Lipinski definition) is 4. The van der Waals surface area contributed by atoms with Crippen LogP contribution in [0.4, 0.5) is 10.5 Å². The van der Waals surface area contributed by atoms with Crippen LogP contribution in [0.2, 0.25) is 10.0 Å². The zero-order valence-electron chi connectivity index (χ0n) is 13.8. The molecule has 4 rings (SSSR count). The van der Waals surface area contributed by atoms with Crippen molar-refractivity contribution in [3.8, 4) is 11.5 Å². The number of aromatic nitrogens is 3. The number of halogens is 2. The van der Waals surface area contributed by atoms with Gasteiger partial charge >= 0.3 is 6.03 Å². The van der Waals surface area contributed by atoms with Crippen molar-refractivity contribution in [2.45, 2.75) is 6.54 Å². The molecule has 0 aliphatic rings. The molecule has 6 nitrogen and oxygen atoms in total. The summed E-state index contributed by atoms with van der Waals surface area (Å²) in [6, 6.07) is 10.4. The number of carbonyl (C=O) groups excluding carboxylic acids is 1. The van der Waals surface area contributed by atoms with Gasteiger partial charge in [0.05, 0.1) is 26.6 Å². The Hall–Kier alpha value is -2.61. The van der Waals surface area contributed by atoms with Gasteiger partial charge in [-0.15, -0.1) is 11.3 Å². The minimum atomic E-state index is -0.320. The van der Waals surface area contributed by atoms with Gasteiger partial charge in [-0.3, -0.25) is 0 Å². The van der Waals surface area contributed by atoms with Crippen LogP contribution in [-0.4, -0.2) is 21.0 Å². The highest BCUT2D eigenvalue weighted by Gasteiger charge is 2.09. The van der Waals surface area contributed by atoms with Gasteiger partial charge in [0, 0.05) is 17.6 Å². The predicted molar refractivity (Wildman–Crippen MR) is 110 cm³/mol. The van der Waals surface area contributed by atoms with Crippen molar-refractivity contribution in [2.75, 3.05) is 5.32 Å². The Morgan fingerprint density at radius 3 is 2.81 bits per heavy atom. The fourth-order valence-electron chi connectivity index (χ4n) is 2.55. The van der Waals surface area contributed by atoms with Crippen molar-refractivity contribution in [1.29, 1.82) is 0 Å². The average molecular weight is 418 g/mol. The number of carbonyl (C=O) groups is 1. The van der Waals surface area contributed by atoms with Gasteiger partial charge in [0.25, 0.3) is 0 Å². The summed E-state index contributed by atoms with van der Waals surface area (Å²) in [5.74, 6) is 0.701. The molecule has 0 spiro atoms. The van der Waals surface area contributed by atoms with Gasteiger partial charge in [0.15, 0.2) is 5.82 Å². The second-order valence-corrected chi connectivity index (χ2v) is 7.28. The van der Waals surface area contributed by atoms with Crippen LogP contribution >= 0.6 is 34.5 Å². The van der Waals surface area contributed by atoms with Crippen molar-refractivity contribution in [3.05, 3.63) is 62.9 Å². The van der Waals surface area contributed by atoms with Gasteiger partial charge in [0.1, 0.15) is 5.69 Å². The van der Waals surface area contributed by atoms with E-state index in [1.54, 1.807) is 23.7 Å². The summed E-state index contributed by atoms with van der Waals surface area (Å²) in [6.07, 6.45) is 0. The van der Waals surface area contributed by atoms with Gasteiger partial charge < -0.3 is 15.6 Å². The van der Waals surface area contributed by atoms with Crippen LogP contribution in [-0.2, 0) is 6.54 Å². The number of benzene rings is 2. The molecule has 0 saturated carbocycles. The third-order valence-electron chi connectivity index (χ3n) is 3.85. The Labute approximate surface area is 168 Å². The first-order valence-electron chi connectivity index (χ1n) is 7.95. The molecule has 0 fully saturated rings. The number of thiazole rings is 1. The summed E-state index contributed by atoms with van der Waals surface area (Å²) in [5.41, 5.74) is 5.69. The smallest absolute Gasteiger partial charge is 0.319 e. The molecule has 0 radical (unpaired) electrons. The van der Waals surface area contributed by atoms with Crippen molar-refractivity contribution in [2.24, 2.45) is 0 Å². The largest absolute Gasteiger partial charge is 0.337 e. The van der Waals surface area contributed by atoms with E-state index in [1.807, 2.05) is 23.6 Å². The number of nitrogens with one attached hydrogen (secondary N) is 3. The Bertz CT molecular complexity index is 1110. The van der Waals surface area contributed by atoms with E-state index in [9.17, 15) is 4.79 Å². The highest BCUT2D eigenvalue weighted by Crippen LogP contribution is 2.23. The summed E-state index contributed by atoms with van der Waals surface area (Å²) < 4.78 is 0. The second kappa shape index (κ2) is 7.56.